The molecule has 1 fully saturated rings. The molecule has 1 atom stereocenters. The van der Waals surface area contributed by atoms with E-state index in [2.05, 4.69) is 0 Å². The summed E-state index contributed by atoms with van der Waals surface area (Å²) in [5, 5.41) is 0. The van der Waals surface area contributed by atoms with Gasteiger partial charge in [0.2, 0.25) is 0 Å². The highest BCUT2D eigenvalue weighted by Gasteiger charge is 2.14. The summed E-state index contributed by atoms with van der Waals surface area (Å²) in [5.41, 5.74) is 5.37. The van der Waals surface area contributed by atoms with Gasteiger partial charge in [-0.15, -0.1) is 0 Å². The fourth-order valence-electron chi connectivity index (χ4n) is 1.27. The van der Waals surface area contributed by atoms with Crippen molar-refractivity contribution in [1.82, 2.24) is 0 Å². The zero-order chi connectivity index (χ0) is 7.94. The van der Waals surface area contributed by atoms with Crippen molar-refractivity contribution in [3.8, 4) is 0 Å². The molecule has 0 aliphatic carbocycles. The lowest BCUT2D eigenvalue weighted by Gasteiger charge is -2.07. The maximum absolute atomic E-state index is 5.49. The first-order chi connectivity index (χ1) is 5.43. The monoisotopic (exact) mass is 175 g/mol. The molecule has 0 bridgehead atoms. The van der Waals surface area contributed by atoms with E-state index in [4.69, 9.17) is 10.5 Å². The van der Waals surface area contributed by atoms with Gasteiger partial charge in [0.1, 0.15) is 0 Å². The lowest BCUT2D eigenvalue weighted by Crippen LogP contribution is -2.07. The summed E-state index contributed by atoms with van der Waals surface area (Å²) >= 11 is 1.94. The topological polar surface area (TPSA) is 35.2 Å². The summed E-state index contributed by atoms with van der Waals surface area (Å²) in [6, 6.07) is 0. The van der Waals surface area contributed by atoms with E-state index in [-0.39, 0.29) is 0 Å². The van der Waals surface area contributed by atoms with Crippen molar-refractivity contribution in [3.05, 3.63) is 0 Å². The largest absolute Gasteiger partial charge is 0.378 e. The van der Waals surface area contributed by atoms with Crippen LogP contribution in [-0.4, -0.2) is 30.8 Å². The summed E-state index contributed by atoms with van der Waals surface area (Å²) in [6.45, 7) is 1.78. The van der Waals surface area contributed by atoms with Gasteiger partial charge in [-0.3, -0.25) is 0 Å². The number of rotatable bonds is 5. The van der Waals surface area contributed by atoms with E-state index in [1.165, 1.54) is 25.0 Å². The Labute approximate surface area is 72.9 Å². The Hall–Kier alpha value is 0.270. The minimum Gasteiger partial charge on any atom is -0.378 e. The van der Waals surface area contributed by atoms with Crippen molar-refractivity contribution in [2.24, 2.45) is 5.73 Å². The van der Waals surface area contributed by atoms with Crippen LogP contribution in [0.5, 0.6) is 0 Å². The first-order valence-electron chi connectivity index (χ1n) is 4.33. The quantitative estimate of drug-likeness (QED) is 0.639. The Bertz CT molecular complexity index is 94.1. The van der Waals surface area contributed by atoms with Crippen LogP contribution in [0.25, 0.3) is 0 Å². The summed E-state index contributed by atoms with van der Waals surface area (Å²) in [4.78, 5) is 0. The summed E-state index contributed by atoms with van der Waals surface area (Å²) in [6.07, 6.45) is 4.29. The van der Waals surface area contributed by atoms with Gasteiger partial charge in [0.15, 0.2) is 0 Å². The maximum atomic E-state index is 5.49. The smallest absolute Gasteiger partial charge is 0.0583 e. The Morgan fingerprint density at radius 1 is 1.45 bits per heavy atom. The van der Waals surface area contributed by atoms with Crippen LogP contribution in [0.4, 0.5) is 0 Å². The fraction of sp³-hybridized carbons (Fsp3) is 1.00. The van der Waals surface area contributed by atoms with Crippen LogP contribution < -0.4 is 5.73 Å². The first-order valence-corrected chi connectivity index (χ1v) is 5.48. The maximum Gasteiger partial charge on any atom is 0.0583 e. The molecule has 0 radical (unpaired) electrons. The Morgan fingerprint density at radius 3 is 3.00 bits per heavy atom. The third kappa shape index (κ3) is 3.99. The van der Waals surface area contributed by atoms with Gasteiger partial charge in [-0.1, -0.05) is 0 Å². The van der Waals surface area contributed by atoms with Crippen LogP contribution in [-0.2, 0) is 4.74 Å². The van der Waals surface area contributed by atoms with Crippen LogP contribution in [0.15, 0.2) is 0 Å². The number of ether oxygens (including phenoxy) is 1. The molecule has 1 aliphatic heterocycles. The van der Waals surface area contributed by atoms with Gasteiger partial charge in [0, 0.05) is 18.9 Å². The molecule has 66 valence electrons. The van der Waals surface area contributed by atoms with E-state index >= 15 is 0 Å². The van der Waals surface area contributed by atoms with Gasteiger partial charge in [-0.05, 0) is 25.0 Å². The highest BCUT2D eigenvalue weighted by Crippen LogP contribution is 2.17. The van der Waals surface area contributed by atoms with Crippen molar-refractivity contribution in [2.45, 2.75) is 25.4 Å². The number of thioether (sulfide) groups is 1. The van der Waals surface area contributed by atoms with Crippen molar-refractivity contribution in [3.63, 3.8) is 0 Å². The molecule has 1 aliphatic rings. The molecule has 0 aromatic carbocycles. The summed E-state index contributed by atoms with van der Waals surface area (Å²) in [7, 11) is 0. The third-order valence-corrected chi connectivity index (χ3v) is 2.92. The van der Waals surface area contributed by atoms with E-state index in [0.29, 0.717) is 6.10 Å². The normalized spacial score (nSPS) is 24.3. The lowest BCUT2D eigenvalue weighted by molar-refractivity contribution is 0.109. The summed E-state index contributed by atoms with van der Waals surface area (Å²) in [5.74, 6) is 2.30. The average molecular weight is 175 g/mol. The van der Waals surface area contributed by atoms with Gasteiger partial charge in [0.05, 0.1) is 6.10 Å². The Morgan fingerprint density at radius 2 is 2.36 bits per heavy atom. The predicted molar refractivity (Wildman–Crippen MR) is 50.0 cm³/mol. The minimum atomic E-state index is 0.556. The van der Waals surface area contributed by atoms with Crippen LogP contribution in [0.3, 0.4) is 0 Å². The van der Waals surface area contributed by atoms with Crippen LogP contribution in [0.1, 0.15) is 19.3 Å². The highest BCUT2D eigenvalue weighted by molar-refractivity contribution is 7.99. The average Bonchev–Trinajstić information content (AvgIpc) is 2.50. The van der Waals surface area contributed by atoms with E-state index < -0.39 is 0 Å². The highest BCUT2D eigenvalue weighted by atomic mass is 32.2. The lowest BCUT2D eigenvalue weighted by atomic mass is 10.2. The molecule has 1 rings (SSSR count). The fourth-order valence-corrected chi connectivity index (χ4v) is 2.07. The van der Waals surface area contributed by atoms with E-state index in [1.807, 2.05) is 11.8 Å². The Kier molecular flexibility index (Phi) is 4.99. The SMILES string of the molecule is NCCSCCC1CCCO1. The van der Waals surface area contributed by atoms with Crippen molar-refractivity contribution in [1.29, 1.82) is 0 Å². The number of hydrogen-bond donors (Lipinski definition) is 1. The molecule has 11 heavy (non-hydrogen) atoms. The molecule has 1 saturated heterocycles. The molecule has 2 N–H and O–H groups in total. The second-order valence-corrected chi connectivity index (χ2v) is 4.05. The molecule has 0 amide bonds. The number of nitrogens with two attached hydrogens (primary N) is 1. The van der Waals surface area contributed by atoms with Crippen LogP contribution >= 0.6 is 11.8 Å². The zero-order valence-electron chi connectivity index (χ0n) is 6.92. The van der Waals surface area contributed by atoms with Crippen molar-refractivity contribution >= 4 is 11.8 Å². The zero-order valence-corrected chi connectivity index (χ0v) is 7.74. The van der Waals surface area contributed by atoms with Crippen molar-refractivity contribution in [2.75, 3.05) is 24.7 Å². The molecule has 2 nitrogen and oxygen atoms in total. The van der Waals surface area contributed by atoms with E-state index in [1.54, 1.807) is 0 Å². The molecule has 0 spiro atoms. The molecule has 1 heterocycles. The molecule has 1 unspecified atom stereocenters. The van der Waals surface area contributed by atoms with E-state index in [9.17, 15) is 0 Å². The molecule has 0 aromatic rings. The van der Waals surface area contributed by atoms with Crippen LogP contribution in [0, 0.1) is 0 Å². The van der Waals surface area contributed by atoms with Gasteiger partial charge in [-0.2, -0.15) is 11.8 Å². The van der Waals surface area contributed by atoms with Crippen LogP contribution in [0.2, 0.25) is 0 Å². The minimum absolute atomic E-state index is 0.556. The van der Waals surface area contributed by atoms with E-state index in [0.717, 1.165) is 18.9 Å². The first kappa shape index (κ1) is 9.36. The predicted octanol–water partition coefficient (Wildman–Crippen LogP) is 1.25. The van der Waals surface area contributed by atoms with Crippen molar-refractivity contribution < 1.29 is 4.74 Å². The molecular weight excluding hydrogens is 158 g/mol. The molecule has 0 saturated carbocycles. The molecule has 0 aromatic heterocycles. The van der Waals surface area contributed by atoms with Gasteiger partial charge in [0.25, 0.3) is 0 Å². The standard InChI is InChI=1S/C8H17NOS/c9-4-7-11-6-3-8-2-1-5-10-8/h8H,1-7,9H2. The third-order valence-electron chi connectivity index (χ3n) is 1.87. The second-order valence-electron chi connectivity index (χ2n) is 2.82. The van der Waals surface area contributed by atoms with Gasteiger partial charge in [-0.25, -0.2) is 0 Å². The second kappa shape index (κ2) is 5.86. The summed E-state index contributed by atoms with van der Waals surface area (Å²) < 4.78 is 5.49. The Balaban J connectivity index is 1.86. The molecule has 3 heteroatoms. The van der Waals surface area contributed by atoms with Gasteiger partial charge < -0.3 is 10.5 Å². The number of hydrogen-bond acceptors (Lipinski definition) is 3. The van der Waals surface area contributed by atoms with Gasteiger partial charge >= 0.3 is 0 Å². The molecular formula is C8H17NOS.